The van der Waals surface area contributed by atoms with Gasteiger partial charge in [0.25, 0.3) is 0 Å². The van der Waals surface area contributed by atoms with Crippen LogP contribution in [-0.4, -0.2) is 47.5 Å². The molecule has 0 amide bonds. The molecule has 0 aliphatic carbocycles. The molecule has 1 aliphatic heterocycles. The van der Waals surface area contributed by atoms with Crippen molar-refractivity contribution in [2.24, 2.45) is 20.0 Å². The van der Waals surface area contributed by atoms with Crippen LogP contribution in [0.1, 0.15) is 36.0 Å². The highest BCUT2D eigenvalue weighted by Gasteiger charge is 2.32. The molecular formula is C26H29N7O. The molecule has 0 spiro atoms. The lowest BCUT2D eigenvalue weighted by Gasteiger charge is -2.32. The summed E-state index contributed by atoms with van der Waals surface area (Å²) < 4.78 is 12.1. The quantitative estimate of drug-likeness (QED) is 0.403. The molecule has 6 rings (SSSR count). The second kappa shape index (κ2) is 8.06. The number of hydrogen-bond acceptors (Lipinski definition) is 5. The van der Waals surface area contributed by atoms with Gasteiger partial charge in [0.05, 0.1) is 45.4 Å². The van der Waals surface area contributed by atoms with Crippen molar-refractivity contribution in [2.45, 2.75) is 32.7 Å². The van der Waals surface area contributed by atoms with E-state index in [1.807, 2.05) is 29.5 Å². The summed E-state index contributed by atoms with van der Waals surface area (Å²) in [5.74, 6) is 0.436. The van der Waals surface area contributed by atoms with E-state index in [9.17, 15) is 0 Å². The molecule has 1 atom stereocenters. The van der Waals surface area contributed by atoms with Gasteiger partial charge < -0.3 is 9.30 Å². The minimum Gasteiger partial charge on any atom is -0.381 e. The lowest BCUT2D eigenvalue weighted by molar-refractivity contribution is 0.0543. The van der Waals surface area contributed by atoms with Crippen LogP contribution in [0.3, 0.4) is 0 Å². The van der Waals surface area contributed by atoms with Gasteiger partial charge in [-0.3, -0.25) is 9.67 Å². The molecule has 174 valence electrons. The van der Waals surface area contributed by atoms with E-state index in [4.69, 9.17) is 14.8 Å². The molecule has 0 N–H and O–H groups in total. The number of aromatic nitrogens is 7. The van der Waals surface area contributed by atoms with Crippen molar-refractivity contribution in [1.29, 1.82) is 0 Å². The average molecular weight is 456 g/mol. The maximum absolute atomic E-state index is 5.75. The summed E-state index contributed by atoms with van der Waals surface area (Å²) in [7, 11) is 3.98. The molecule has 1 unspecified atom stereocenters. The van der Waals surface area contributed by atoms with Gasteiger partial charge in [-0.1, -0.05) is 23.4 Å². The van der Waals surface area contributed by atoms with E-state index < -0.39 is 0 Å². The smallest absolute Gasteiger partial charge is 0.0960 e. The number of para-hydroxylation sites is 1. The fourth-order valence-corrected chi connectivity index (χ4v) is 5.67. The minimum absolute atomic E-state index is 0.125. The van der Waals surface area contributed by atoms with E-state index in [0.29, 0.717) is 5.92 Å². The van der Waals surface area contributed by atoms with E-state index in [1.165, 1.54) is 16.6 Å². The lowest BCUT2D eigenvalue weighted by Crippen LogP contribution is -2.28. The summed E-state index contributed by atoms with van der Waals surface area (Å²) in [5.41, 5.74) is 8.49. The maximum atomic E-state index is 5.75. The average Bonchev–Trinajstić information content (AvgIpc) is 3.47. The van der Waals surface area contributed by atoms with E-state index in [0.717, 1.165) is 59.7 Å². The van der Waals surface area contributed by atoms with Crippen LogP contribution in [0.4, 0.5) is 0 Å². The number of benzene rings is 1. The molecule has 0 saturated carbocycles. The molecule has 1 fully saturated rings. The topological polar surface area (TPSA) is 75.6 Å². The number of fused-ring (bicyclic) bond motifs is 3. The third-order valence-corrected chi connectivity index (χ3v) is 7.15. The zero-order chi connectivity index (χ0) is 23.4. The largest absolute Gasteiger partial charge is 0.381 e. The Morgan fingerprint density at radius 3 is 2.50 bits per heavy atom. The van der Waals surface area contributed by atoms with Crippen molar-refractivity contribution in [1.82, 2.24) is 34.3 Å². The van der Waals surface area contributed by atoms with E-state index >= 15 is 0 Å². The van der Waals surface area contributed by atoms with Gasteiger partial charge in [-0.15, -0.1) is 5.10 Å². The second-order valence-electron chi connectivity index (χ2n) is 9.35. The van der Waals surface area contributed by atoms with Crippen molar-refractivity contribution in [3.63, 3.8) is 0 Å². The highest BCUT2D eigenvalue weighted by Crippen LogP contribution is 2.41. The van der Waals surface area contributed by atoms with Crippen LogP contribution in [0.25, 0.3) is 33.2 Å². The van der Waals surface area contributed by atoms with Crippen LogP contribution in [0.2, 0.25) is 0 Å². The highest BCUT2D eigenvalue weighted by molar-refractivity contribution is 6.06. The van der Waals surface area contributed by atoms with Crippen LogP contribution in [0.5, 0.6) is 0 Å². The van der Waals surface area contributed by atoms with Crippen molar-refractivity contribution in [3.8, 4) is 11.3 Å². The number of aryl methyl sites for hydroxylation is 4. The first-order valence-corrected chi connectivity index (χ1v) is 11.9. The number of nitrogens with zero attached hydrogens (tertiary/aromatic N) is 7. The normalized spacial score (nSPS) is 16.0. The Hall–Kier alpha value is -3.52. The first kappa shape index (κ1) is 21.0. The Balaban J connectivity index is 1.67. The molecule has 5 aromatic rings. The molecule has 8 nitrogen and oxygen atoms in total. The molecule has 34 heavy (non-hydrogen) atoms. The SMILES string of the molecule is Cc1cc(C(C2CCOCC2)n2c3ccccc3c3ncc(-c4c(C)nnn4C)cc32)n(C)n1. The van der Waals surface area contributed by atoms with E-state index in [-0.39, 0.29) is 6.04 Å². The summed E-state index contributed by atoms with van der Waals surface area (Å²) in [5, 5.41) is 14.4. The van der Waals surface area contributed by atoms with Crippen LogP contribution >= 0.6 is 0 Å². The van der Waals surface area contributed by atoms with Gasteiger partial charge in [0, 0.05) is 44.5 Å². The molecule has 1 saturated heterocycles. The number of rotatable bonds is 4. The molecule has 4 aromatic heterocycles. The fraction of sp³-hybridized carbons (Fsp3) is 0.385. The van der Waals surface area contributed by atoms with Crippen molar-refractivity contribution < 1.29 is 4.74 Å². The summed E-state index contributed by atoms with van der Waals surface area (Å²) in [6.45, 7) is 5.64. The zero-order valence-electron chi connectivity index (χ0n) is 20.1. The van der Waals surface area contributed by atoms with Crippen molar-refractivity contribution in [2.75, 3.05) is 13.2 Å². The Morgan fingerprint density at radius 2 is 1.79 bits per heavy atom. The van der Waals surface area contributed by atoms with Crippen LogP contribution in [0.15, 0.2) is 42.6 Å². The minimum atomic E-state index is 0.125. The van der Waals surface area contributed by atoms with Gasteiger partial charge in [-0.05, 0) is 50.8 Å². The van der Waals surface area contributed by atoms with E-state index in [2.05, 4.69) is 65.2 Å². The summed E-state index contributed by atoms with van der Waals surface area (Å²) in [6.07, 6.45) is 3.98. The molecule has 5 heterocycles. The summed E-state index contributed by atoms with van der Waals surface area (Å²) in [6, 6.07) is 13.2. The van der Waals surface area contributed by atoms with Gasteiger partial charge in [0.1, 0.15) is 0 Å². The van der Waals surface area contributed by atoms with E-state index in [1.54, 1.807) is 0 Å². The monoisotopic (exact) mass is 455 g/mol. The molecule has 1 aliphatic rings. The van der Waals surface area contributed by atoms with Crippen LogP contribution in [-0.2, 0) is 18.8 Å². The first-order chi connectivity index (χ1) is 16.5. The Morgan fingerprint density at radius 1 is 1.00 bits per heavy atom. The van der Waals surface area contributed by atoms with Gasteiger partial charge in [0.2, 0.25) is 0 Å². The molecule has 0 radical (unpaired) electrons. The van der Waals surface area contributed by atoms with Crippen molar-refractivity contribution >= 4 is 21.9 Å². The highest BCUT2D eigenvalue weighted by atomic mass is 16.5. The Labute approximate surface area is 198 Å². The molecule has 8 heteroatoms. The van der Waals surface area contributed by atoms with Gasteiger partial charge in [0.15, 0.2) is 0 Å². The standard InChI is InChI=1S/C26H29N7O/c1-16-13-23(31(3)29-16)26(18-9-11-34-12-10-18)33-21-8-6-5-7-20(21)24-22(33)14-19(15-27-24)25-17(2)28-30-32(25)4/h5-8,13-15,18,26H,9-12H2,1-4H3. The number of pyridine rings is 1. The van der Waals surface area contributed by atoms with Crippen LogP contribution in [0, 0.1) is 19.8 Å². The third kappa shape index (κ3) is 3.24. The van der Waals surface area contributed by atoms with Gasteiger partial charge in [-0.25, -0.2) is 4.68 Å². The first-order valence-electron chi connectivity index (χ1n) is 11.9. The number of ether oxygens (including phenoxy) is 1. The molecule has 1 aromatic carbocycles. The predicted octanol–water partition coefficient (Wildman–Crippen LogP) is 4.35. The Kier molecular flexibility index (Phi) is 4.99. The molecule has 0 bridgehead atoms. The summed E-state index contributed by atoms with van der Waals surface area (Å²) in [4.78, 5) is 4.98. The third-order valence-electron chi connectivity index (χ3n) is 7.15. The summed E-state index contributed by atoms with van der Waals surface area (Å²) >= 11 is 0. The van der Waals surface area contributed by atoms with Gasteiger partial charge in [-0.2, -0.15) is 5.10 Å². The lowest BCUT2D eigenvalue weighted by atomic mass is 9.89. The van der Waals surface area contributed by atoms with Crippen molar-refractivity contribution in [3.05, 3.63) is 59.7 Å². The predicted molar refractivity (Wildman–Crippen MR) is 132 cm³/mol. The Bertz CT molecular complexity index is 1480. The second-order valence-corrected chi connectivity index (χ2v) is 9.35. The molecular weight excluding hydrogens is 426 g/mol. The van der Waals surface area contributed by atoms with Gasteiger partial charge >= 0.3 is 0 Å². The zero-order valence-corrected chi connectivity index (χ0v) is 20.1. The number of hydrogen-bond donors (Lipinski definition) is 0. The fourth-order valence-electron chi connectivity index (χ4n) is 5.67. The maximum Gasteiger partial charge on any atom is 0.0960 e. The van der Waals surface area contributed by atoms with Crippen LogP contribution < -0.4 is 0 Å².